The Morgan fingerprint density at radius 1 is 1.32 bits per heavy atom. The first-order valence-corrected chi connectivity index (χ1v) is 7.07. The summed E-state index contributed by atoms with van der Waals surface area (Å²) in [7, 11) is -4.15. The van der Waals surface area contributed by atoms with Crippen LogP contribution in [0.25, 0.3) is 0 Å². The van der Waals surface area contributed by atoms with Crippen molar-refractivity contribution in [3.63, 3.8) is 0 Å². The first-order chi connectivity index (χ1) is 8.60. The predicted molar refractivity (Wildman–Crippen MR) is 59.5 cm³/mol. The van der Waals surface area contributed by atoms with Crippen LogP contribution in [0, 0.1) is 5.92 Å². The average Bonchev–Trinajstić information content (AvgIpc) is 2.26. The van der Waals surface area contributed by atoms with Gasteiger partial charge < -0.3 is 5.11 Å². The molecule has 1 fully saturated rings. The number of nitrogens with one attached hydrogen (secondary N) is 1. The van der Waals surface area contributed by atoms with Crippen LogP contribution in [0.2, 0.25) is 0 Å². The molecular weight excluding hydrogens is 289 g/mol. The van der Waals surface area contributed by atoms with Gasteiger partial charge in [-0.3, -0.25) is 4.79 Å². The number of carboxylic acid groups (broad SMARTS) is 1. The summed E-state index contributed by atoms with van der Waals surface area (Å²) in [6.07, 6.45) is -3.99. The first kappa shape index (κ1) is 16.2. The van der Waals surface area contributed by atoms with Crippen molar-refractivity contribution < 1.29 is 31.5 Å². The van der Waals surface area contributed by atoms with Crippen molar-refractivity contribution in [1.82, 2.24) is 9.03 Å². The van der Waals surface area contributed by atoms with E-state index < -0.39 is 28.9 Å². The molecule has 0 aromatic rings. The number of aliphatic carboxylic acids is 1. The highest BCUT2D eigenvalue weighted by molar-refractivity contribution is 7.87. The van der Waals surface area contributed by atoms with Gasteiger partial charge in [-0.1, -0.05) is 0 Å². The van der Waals surface area contributed by atoms with Gasteiger partial charge in [0.2, 0.25) is 0 Å². The second kappa shape index (κ2) is 6.06. The van der Waals surface area contributed by atoms with E-state index in [0.717, 1.165) is 4.31 Å². The molecule has 0 aliphatic carbocycles. The molecule has 0 aromatic carbocycles. The number of hydrogen-bond acceptors (Lipinski definition) is 3. The zero-order valence-electron chi connectivity index (χ0n) is 9.98. The Hall–Kier alpha value is -0.870. The molecule has 0 saturated carbocycles. The van der Waals surface area contributed by atoms with E-state index in [-0.39, 0.29) is 25.4 Å². The van der Waals surface area contributed by atoms with E-state index in [1.807, 2.05) is 0 Å². The Morgan fingerprint density at radius 3 is 2.26 bits per heavy atom. The zero-order chi connectivity index (χ0) is 14.7. The molecule has 1 rings (SSSR count). The third kappa shape index (κ3) is 5.74. The number of rotatable bonds is 5. The monoisotopic (exact) mass is 304 g/mol. The van der Waals surface area contributed by atoms with E-state index in [1.165, 1.54) is 4.72 Å². The van der Waals surface area contributed by atoms with Crippen molar-refractivity contribution in [2.24, 2.45) is 5.92 Å². The van der Waals surface area contributed by atoms with E-state index in [1.54, 1.807) is 0 Å². The molecule has 0 aromatic heterocycles. The van der Waals surface area contributed by atoms with Crippen LogP contribution in [-0.4, -0.2) is 49.6 Å². The van der Waals surface area contributed by atoms with Crippen LogP contribution in [-0.2, 0) is 15.0 Å². The Bertz CT molecular complexity index is 416. The van der Waals surface area contributed by atoms with E-state index in [2.05, 4.69) is 0 Å². The average molecular weight is 304 g/mol. The molecule has 10 heteroatoms. The lowest BCUT2D eigenvalue weighted by Gasteiger charge is -2.30. The third-order valence-electron chi connectivity index (χ3n) is 2.83. The molecule has 112 valence electrons. The SMILES string of the molecule is O=C(O)CC1CCN(S(=O)(=O)NCC(F)(F)F)CC1. The highest BCUT2D eigenvalue weighted by Crippen LogP contribution is 2.22. The smallest absolute Gasteiger partial charge is 0.402 e. The zero-order valence-corrected chi connectivity index (χ0v) is 10.8. The van der Waals surface area contributed by atoms with Crippen LogP contribution in [0.5, 0.6) is 0 Å². The summed E-state index contributed by atoms with van der Waals surface area (Å²) in [6, 6.07) is 0. The molecule has 0 spiro atoms. The fourth-order valence-corrected chi connectivity index (χ4v) is 3.09. The van der Waals surface area contributed by atoms with Crippen molar-refractivity contribution >= 4 is 16.2 Å². The fourth-order valence-electron chi connectivity index (χ4n) is 1.87. The van der Waals surface area contributed by atoms with Crippen LogP contribution < -0.4 is 4.72 Å². The van der Waals surface area contributed by atoms with Gasteiger partial charge in [-0.25, -0.2) is 0 Å². The molecule has 0 unspecified atom stereocenters. The number of piperidine rings is 1. The number of halogens is 3. The highest BCUT2D eigenvalue weighted by atomic mass is 32.2. The molecule has 1 saturated heterocycles. The molecule has 0 radical (unpaired) electrons. The topological polar surface area (TPSA) is 86.7 Å². The standard InChI is InChI=1S/C9H15F3N2O4S/c10-9(11,12)6-13-19(17,18)14-3-1-7(2-4-14)5-8(15)16/h7,13H,1-6H2,(H,15,16). The quantitative estimate of drug-likeness (QED) is 0.777. The lowest BCUT2D eigenvalue weighted by atomic mass is 9.95. The van der Waals surface area contributed by atoms with Crippen molar-refractivity contribution in [3.05, 3.63) is 0 Å². The van der Waals surface area contributed by atoms with E-state index in [0.29, 0.717) is 12.8 Å². The first-order valence-electron chi connectivity index (χ1n) is 5.63. The molecule has 2 N–H and O–H groups in total. The minimum absolute atomic E-state index is 0.0329. The van der Waals surface area contributed by atoms with Gasteiger partial charge in [0, 0.05) is 19.5 Å². The van der Waals surface area contributed by atoms with Crippen LogP contribution in [0.4, 0.5) is 13.2 Å². The van der Waals surface area contributed by atoms with Crippen molar-refractivity contribution in [2.45, 2.75) is 25.4 Å². The fraction of sp³-hybridized carbons (Fsp3) is 0.889. The number of nitrogens with zero attached hydrogens (tertiary/aromatic N) is 1. The lowest BCUT2D eigenvalue weighted by Crippen LogP contribution is -2.47. The molecule has 0 atom stereocenters. The number of hydrogen-bond donors (Lipinski definition) is 2. The summed E-state index contributed by atoms with van der Waals surface area (Å²) < 4.78 is 61.4. The van der Waals surface area contributed by atoms with Crippen molar-refractivity contribution in [1.29, 1.82) is 0 Å². The Morgan fingerprint density at radius 2 is 1.84 bits per heavy atom. The summed E-state index contributed by atoms with van der Waals surface area (Å²) >= 11 is 0. The summed E-state index contributed by atoms with van der Waals surface area (Å²) in [5.74, 6) is -1.09. The van der Waals surface area contributed by atoms with Crippen molar-refractivity contribution in [2.75, 3.05) is 19.6 Å². The van der Waals surface area contributed by atoms with Gasteiger partial charge in [-0.2, -0.15) is 30.6 Å². The van der Waals surface area contributed by atoms with Crippen LogP contribution >= 0.6 is 0 Å². The highest BCUT2D eigenvalue weighted by Gasteiger charge is 2.33. The normalized spacial score (nSPS) is 19.5. The molecule has 0 amide bonds. The van der Waals surface area contributed by atoms with Crippen LogP contribution in [0.1, 0.15) is 19.3 Å². The van der Waals surface area contributed by atoms with E-state index in [9.17, 15) is 26.4 Å². The predicted octanol–water partition coefficient (Wildman–Crippen LogP) is 0.570. The maximum Gasteiger partial charge on any atom is 0.402 e. The Labute approximate surface area is 108 Å². The molecular formula is C9H15F3N2O4S. The number of carboxylic acids is 1. The van der Waals surface area contributed by atoms with Gasteiger partial charge >= 0.3 is 12.1 Å². The number of alkyl halides is 3. The third-order valence-corrected chi connectivity index (χ3v) is 4.39. The summed E-state index contributed by atoms with van der Waals surface area (Å²) in [5, 5.41) is 8.60. The molecule has 1 aliphatic heterocycles. The minimum atomic E-state index is -4.60. The van der Waals surface area contributed by atoms with Gasteiger partial charge in [-0.15, -0.1) is 0 Å². The Kier molecular flexibility index (Phi) is 5.16. The van der Waals surface area contributed by atoms with E-state index >= 15 is 0 Å². The van der Waals surface area contributed by atoms with Gasteiger partial charge in [0.05, 0.1) is 0 Å². The lowest BCUT2D eigenvalue weighted by molar-refractivity contribution is -0.138. The Balaban J connectivity index is 2.47. The van der Waals surface area contributed by atoms with Crippen LogP contribution in [0.15, 0.2) is 0 Å². The molecule has 1 heterocycles. The summed E-state index contributed by atoms with van der Waals surface area (Å²) in [6.45, 7) is -1.54. The molecule has 6 nitrogen and oxygen atoms in total. The molecule has 1 aliphatic rings. The van der Waals surface area contributed by atoms with Crippen molar-refractivity contribution in [3.8, 4) is 0 Å². The minimum Gasteiger partial charge on any atom is -0.481 e. The number of carbonyl (C=O) groups is 1. The molecule has 19 heavy (non-hydrogen) atoms. The maximum absolute atomic E-state index is 11.9. The summed E-state index contributed by atoms with van der Waals surface area (Å²) in [5.41, 5.74) is 0. The second-order valence-corrected chi connectivity index (χ2v) is 6.14. The summed E-state index contributed by atoms with van der Waals surface area (Å²) in [4.78, 5) is 10.5. The largest absolute Gasteiger partial charge is 0.481 e. The van der Waals surface area contributed by atoms with Gasteiger partial charge in [-0.05, 0) is 18.8 Å². The van der Waals surface area contributed by atoms with Crippen LogP contribution in [0.3, 0.4) is 0 Å². The van der Waals surface area contributed by atoms with Gasteiger partial charge in [0.1, 0.15) is 6.54 Å². The second-order valence-electron chi connectivity index (χ2n) is 4.38. The van der Waals surface area contributed by atoms with E-state index in [4.69, 9.17) is 5.11 Å². The van der Waals surface area contributed by atoms with Gasteiger partial charge in [0.25, 0.3) is 10.2 Å². The van der Waals surface area contributed by atoms with Gasteiger partial charge in [0.15, 0.2) is 0 Å². The molecule has 0 bridgehead atoms. The maximum atomic E-state index is 11.9.